The number of hydrogen-bond donors (Lipinski definition) is 1. The molecule has 1 amide bonds. The van der Waals surface area contributed by atoms with E-state index in [4.69, 9.17) is 9.47 Å². The zero-order chi connectivity index (χ0) is 19.2. The summed E-state index contributed by atoms with van der Waals surface area (Å²) in [7, 11) is 2.76. The molecule has 0 heterocycles. The van der Waals surface area contributed by atoms with Crippen molar-refractivity contribution in [1.82, 2.24) is 0 Å². The highest BCUT2D eigenvalue weighted by Gasteiger charge is 2.16. The first-order valence-corrected chi connectivity index (χ1v) is 8.36. The Bertz CT molecular complexity index is 967. The molecule has 5 heteroatoms. The van der Waals surface area contributed by atoms with E-state index < -0.39 is 5.97 Å². The average molecular weight is 361 g/mol. The van der Waals surface area contributed by atoms with Crippen molar-refractivity contribution in [1.29, 1.82) is 0 Å². The van der Waals surface area contributed by atoms with Gasteiger partial charge in [0.15, 0.2) is 0 Å². The summed E-state index contributed by atoms with van der Waals surface area (Å²) in [5.74, 6) is -0.419. The predicted molar refractivity (Wildman–Crippen MR) is 104 cm³/mol. The van der Waals surface area contributed by atoms with Crippen LogP contribution in [-0.2, 0) is 4.74 Å². The molecule has 0 fully saturated rings. The summed E-state index contributed by atoms with van der Waals surface area (Å²) in [6.45, 7) is 0. The van der Waals surface area contributed by atoms with Crippen LogP contribution in [0.5, 0.6) is 5.75 Å². The van der Waals surface area contributed by atoms with Gasteiger partial charge in [-0.3, -0.25) is 4.79 Å². The number of ether oxygens (including phenoxy) is 2. The molecule has 0 atom stereocenters. The number of carbonyl (C=O) groups is 2. The average Bonchev–Trinajstić information content (AvgIpc) is 2.73. The molecule has 0 aliphatic heterocycles. The van der Waals surface area contributed by atoms with Gasteiger partial charge in [-0.05, 0) is 29.3 Å². The van der Waals surface area contributed by atoms with Crippen molar-refractivity contribution in [2.75, 3.05) is 19.5 Å². The molecule has 0 spiro atoms. The third-order valence-electron chi connectivity index (χ3n) is 4.12. The molecule has 0 radical (unpaired) electrons. The van der Waals surface area contributed by atoms with Crippen LogP contribution >= 0.6 is 0 Å². The second-order valence-corrected chi connectivity index (χ2v) is 5.77. The minimum atomic E-state index is -0.501. The Balaban J connectivity index is 1.90. The first-order valence-electron chi connectivity index (χ1n) is 8.36. The molecule has 136 valence electrons. The minimum absolute atomic E-state index is 0.248. The van der Waals surface area contributed by atoms with E-state index in [-0.39, 0.29) is 5.91 Å². The molecule has 1 N–H and O–H groups in total. The minimum Gasteiger partial charge on any atom is -0.496 e. The number of amides is 1. The van der Waals surface area contributed by atoms with E-state index in [2.05, 4.69) is 5.32 Å². The van der Waals surface area contributed by atoms with Gasteiger partial charge in [0, 0.05) is 17.3 Å². The maximum Gasteiger partial charge on any atom is 0.341 e. The molecule has 3 aromatic rings. The number of nitrogens with one attached hydrogen (secondary N) is 1. The Labute approximate surface area is 157 Å². The molecule has 27 heavy (non-hydrogen) atoms. The fourth-order valence-corrected chi connectivity index (χ4v) is 2.80. The first-order chi connectivity index (χ1) is 13.1. The Morgan fingerprint density at radius 2 is 1.52 bits per heavy atom. The Morgan fingerprint density at radius 1 is 0.815 bits per heavy atom. The third-order valence-corrected chi connectivity index (χ3v) is 4.12. The van der Waals surface area contributed by atoms with E-state index in [9.17, 15) is 9.59 Å². The van der Waals surface area contributed by atoms with Gasteiger partial charge < -0.3 is 14.8 Å². The van der Waals surface area contributed by atoms with Crippen LogP contribution in [0.1, 0.15) is 20.7 Å². The van der Waals surface area contributed by atoms with Gasteiger partial charge in [-0.25, -0.2) is 4.79 Å². The van der Waals surface area contributed by atoms with Crippen LogP contribution in [0.15, 0.2) is 72.8 Å². The smallest absolute Gasteiger partial charge is 0.341 e. The normalized spacial score (nSPS) is 10.1. The molecule has 3 rings (SSSR count). The molecule has 0 aliphatic carbocycles. The molecule has 0 bridgehead atoms. The van der Waals surface area contributed by atoms with Crippen molar-refractivity contribution in [3.8, 4) is 16.9 Å². The van der Waals surface area contributed by atoms with Gasteiger partial charge in [0.05, 0.1) is 14.2 Å². The van der Waals surface area contributed by atoms with E-state index >= 15 is 0 Å². The van der Waals surface area contributed by atoms with E-state index in [1.807, 2.05) is 48.5 Å². The lowest BCUT2D eigenvalue weighted by Gasteiger charge is -2.12. The number of rotatable bonds is 5. The highest BCUT2D eigenvalue weighted by atomic mass is 16.5. The number of benzene rings is 3. The van der Waals surface area contributed by atoms with Gasteiger partial charge in [-0.2, -0.15) is 0 Å². The van der Waals surface area contributed by atoms with Crippen LogP contribution in [0.4, 0.5) is 5.69 Å². The monoisotopic (exact) mass is 361 g/mol. The van der Waals surface area contributed by atoms with Gasteiger partial charge in [-0.1, -0.05) is 48.5 Å². The highest BCUT2D eigenvalue weighted by Crippen LogP contribution is 2.27. The van der Waals surface area contributed by atoms with E-state index in [1.165, 1.54) is 14.2 Å². The van der Waals surface area contributed by atoms with Crippen LogP contribution in [0, 0.1) is 0 Å². The summed E-state index contributed by atoms with van der Waals surface area (Å²) in [6.07, 6.45) is 0. The second kappa shape index (κ2) is 8.19. The second-order valence-electron chi connectivity index (χ2n) is 5.77. The van der Waals surface area contributed by atoms with Crippen molar-refractivity contribution >= 4 is 17.6 Å². The maximum absolute atomic E-state index is 12.8. The number of esters is 1. The molecule has 0 unspecified atom stereocenters. The summed E-state index contributed by atoms with van der Waals surface area (Å²) in [6, 6.07) is 21.9. The summed E-state index contributed by atoms with van der Waals surface area (Å²) in [5.41, 5.74) is 3.17. The first kappa shape index (κ1) is 18.2. The fourth-order valence-electron chi connectivity index (χ4n) is 2.80. The summed E-state index contributed by atoms with van der Waals surface area (Å²) in [4.78, 5) is 24.6. The van der Waals surface area contributed by atoms with Crippen molar-refractivity contribution < 1.29 is 19.1 Å². The third kappa shape index (κ3) is 3.98. The molecular formula is C22H19NO4. The van der Waals surface area contributed by atoms with Crippen molar-refractivity contribution in [3.05, 3.63) is 83.9 Å². The molecule has 5 nitrogen and oxygen atoms in total. The molecule has 0 saturated heterocycles. The molecule has 3 aromatic carbocycles. The predicted octanol–water partition coefficient (Wildman–Crippen LogP) is 4.40. The standard InChI is InChI=1S/C22H19NO4/c1-26-20-14-16(12-13-19(20)22(25)27-2)23-21(24)18-11-7-6-10-17(18)15-8-4-3-5-9-15/h3-14H,1-2H3,(H,23,24). The fraction of sp³-hybridized carbons (Fsp3) is 0.0909. The Hall–Kier alpha value is -3.60. The number of hydrogen-bond acceptors (Lipinski definition) is 4. The zero-order valence-electron chi connectivity index (χ0n) is 15.1. The van der Waals surface area contributed by atoms with Gasteiger partial charge >= 0.3 is 5.97 Å². The van der Waals surface area contributed by atoms with Crippen LogP contribution in [0.2, 0.25) is 0 Å². The molecule has 0 saturated carbocycles. The maximum atomic E-state index is 12.8. The Morgan fingerprint density at radius 3 is 2.22 bits per heavy atom. The van der Waals surface area contributed by atoms with Crippen molar-refractivity contribution in [3.63, 3.8) is 0 Å². The highest BCUT2D eigenvalue weighted by molar-refractivity contribution is 6.09. The lowest BCUT2D eigenvalue weighted by molar-refractivity contribution is 0.0597. The summed E-state index contributed by atoms with van der Waals surface area (Å²) in [5, 5.41) is 2.86. The summed E-state index contributed by atoms with van der Waals surface area (Å²) < 4.78 is 9.96. The van der Waals surface area contributed by atoms with Crippen LogP contribution < -0.4 is 10.1 Å². The number of methoxy groups -OCH3 is 2. The van der Waals surface area contributed by atoms with Crippen LogP contribution in [-0.4, -0.2) is 26.1 Å². The van der Waals surface area contributed by atoms with E-state index in [0.717, 1.165) is 11.1 Å². The molecule has 0 aliphatic rings. The SMILES string of the molecule is COC(=O)c1ccc(NC(=O)c2ccccc2-c2ccccc2)cc1OC. The number of carbonyl (C=O) groups excluding carboxylic acids is 2. The van der Waals surface area contributed by atoms with Crippen LogP contribution in [0.3, 0.4) is 0 Å². The van der Waals surface area contributed by atoms with Gasteiger partial charge in [-0.15, -0.1) is 0 Å². The van der Waals surface area contributed by atoms with Gasteiger partial charge in [0.1, 0.15) is 11.3 Å². The van der Waals surface area contributed by atoms with Gasteiger partial charge in [0.2, 0.25) is 0 Å². The largest absolute Gasteiger partial charge is 0.496 e. The lowest BCUT2D eigenvalue weighted by atomic mass is 9.99. The van der Waals surface area contributed by atoms with E-state index in [1.54, 1.807) is 24.3 Å². The zero-order valence-corrected chi connectivity index (χ0v) is 15.1. The molecule has 0 aromatic heterocycles. The quantitative estimate of drug-likeness (QED) is 0.684. The number of anilines is 1. The van der Waals surface area contributed by atoms with E-state index in [0.29, 0.717) is 22.6 Å². The topological polar surface area (TPSA) is 64.6 Å². The summed E-state index contributed by atoms with van der Waals surface area (Å²) >= 11 is 0. The van der Waals surface area contributed by atoms with Crippen LogP contribution in [0.25, 0.3) is 11.1 Å². The van der Waals surface area contributed by atoms with Gasteiger partial charge in [0.25, 0.3) is 5.91 Å². The molecular weight excluding hydrogens is 342 g/mol. The Kier molecular flexibility index (Phi) is 5.52. The van der Waals surface area contributed by atoms with Crippen molar-refractivity contribution in [2.45, 2.75) is 0 Å². The lowest BCUT2D eigenvalue weighted by Crippen LogP contribution is -2.13. The van der Waals surface area contributed by atoms with Crippen molar-refractivity contribution in [2.24, 2.45) is 0 Å².